The van der Waals surface area contributed by atoms with Crippen molar-refractivity contribution in [2.75, 3.05) is 5.32 Å². The number of urea groups is 1. The number of aliphatic hydroxyl groups is 1. The number of rotatable bonds is 5. The predicted molar refractivity (Wildman–Crippen MR) is 140 cm³/mol. The van der Waals surface area contributed by atoms with E-state index in [9.17, 15) is 9.90 Å². The van der Waals surface area contributed by atoms with Gasteiger partial charge in [0.05, 0.1) is 42.0 Å². The second-order valence-corrected chi connectivity index (χ2v) is 11.7. The Morgan fingerprint density at radius 1 is 1.14 bits per heavy atom. The highest BCUT2D eigenvalue weighted by molar-refractivity contribution is 5.89. The van der Waals surface area contributed by atoms with Crippen LogP contribution in [0.4, 0.5) is 10.5 Å². The summed E-state index contributed by atoms with van der Waals surface area (Å²) < 4.78 is 2.22. The molecular weight excluding hydrogens is 462 g/mol. The topological polar surface area (TPSA) is 103 Å². The van der Waals surface area contributed by atoms with E-state index in [1.165, 1.54) is 11.1 Å². The van der Waals surface area contributed by atoms with Crippen molar-refractivity contribution in [3.63, 3.8) is 0 Å². The van der Waals surface area contributed by atoms with Crippen molar-refractivity contribution in [1.82, 2.24) is 14.9 Å². The number of nitrogens with one attached hydrogen (secondary N) is 2. The maximum Gasteiger partial charge on any atom is 0.319 e. The Hall–Kier alpha value is -3.63. The van der Waals surface area contributed by atoms with Crippen LogP contribution in [0.25, 0.3) is 11.3 Å². The summed E-state index contributed by atoms with van der Waals surface area (Å²) in [4.78, 5) is 17.3. The minimum Gasteiger partial charge on any atom is -0.393 e. The van der Waals surface area contributed by atoms with Gasteiger partial charge in [0.2, 0.25) is 0 Å². The Kier molecular flexibility index (Phi) is 5.16. The number of hydrogen-bond donors (Lipinski definition) is 3. The zero-order valence-corrected chi connectivity index (χ0v) is 20.7. The summed E-state index contributed by atoms with van der Waals surface area (Å²) in [5.41, 5.74) is 4.70. The molecule has 4 atom stereocenters. The first kappa shape index (κ1) is 22.6. The van der Waals surface area contributed by atoms with E-state index in [1.807, 2.05) is 12.5 Å². The number of hydrogen-bond acceptors (Lipinski definition) is 4. The average Bonchev–Trinajstić information content (AvgIpc) is 3.46. The summed E-state index contributed by atoms with van der Waals surface area (Å²) in [6.07, 6.45) is 9.32. The number of carbonyl (C=O) groups excluding carboxylic acids is 1. The van der Waals surface area contributed by atoms with Crippen LogP contribution in [0.5, 0.6) is 0 Å². The van der Waals surface area contributed by atoms with Gasteiger partial charge in [0.15, 0.2) is 0 Å². The largest absolute Gasteiger partial charge is 0.393 e. The van der Waals surface area contributed by atoms with E-state index >= 15 is 0 Å². The molecule has 37 heavy (non-hydrogen) atoms. The van der Waals surface area contributed by atoms with Crippen molar-refractivity contribution in [2.24, 2.45) is 23.7 Å². The lowest BCUT2D eigenvalue weighted by Gasteiger charge is -2.61. The van der Waals surface area contributed by atoms with E-state index in [2.05, 4.69) is 50.5 Å². The van der Waals surface area contributed by atoms with Gasteiger partial charge in [0.1, 0.15) is 0 Å². The lowest BCUT2D eigenvalue weighted by Crippen LogP contribution is -2.64. The molecular formula is C30H31N5O2. The lowest BCUT2D eigenvalue weighted by atomic mass is 9.48. The summed E-state index contributed by atoms with van der Waals surface area (Å²) in [7, 11) is 0. The zero-order valence-electron chi connectivity index (χ0n) is 20.7. The Morgan fingerprint density at radius 2 is 1.89 bits per heavy atom. The minimum absolute atomic E-state index is 0.117. The van der Waals surface area contributed by atoms with Gasteiger partial charge in [-0.3, -0.25) is 0 Å². The zero-order chi connectivity index (χ0) is 25.1. The van der Waals surface area contributed by atoms with Crippen LogP contribution in [0, 0.1) is 35.0 Å². The Morgan fingerprint density at radius 3 is 2.65 bits per heavy atom. The van der Waals surface area contributed by atoms with Crippen molar-refractivity contribution < 1.29 is 9.90 Å². The molecule has 3 aromatic rings. The van der Waals surface area contributed by atoms with Crippen molar-refractivity contribution in [1.29, 1.82) is 5.26 Å². The number of carbonyl (C=O) groups is 1. The second-order valence-electron chi connectivity index (χ2n) is 11.7. The number of anilines is 1. The van der Waals surface area contributed by atoms with Gasteiger partial charge in [0.25, 0.3) is 0 Å². The van der Waals surface area contributed by atoms with Crippen molar-refractivity contribution in [3.05, 3.63) is 72.2 Å². The van der Waals surface area contributed by atoms with Crippen LogP contribution in [0.1, 0.15) is 55.7 Å². The number of nitrogens with zero attached hydrogens (tertiary/aromatic N) is 3. The van der Waals surface area contributed by atoms with Gasteiger partial charge in [-0.1, -0.05) is 24.3 Å². The Labute approximate surface area is 216 Å². The molecule has 4 fully saturated rings. The number of benzene rings is 2. The van der Waals surface area contributed by atoms with Gasteiger partial charge in [-0.05, 0) is 92.0 Å². The van der Waals surface area contributed by atoms with E-state index in [-0.39, 0.29) is 29.6 Å². The van der Waals surface area contributed by atoms with E-state index in [4.69, 9.17) is 5.26 Å². The van der Waals surface area contributed by atoms with Crippen LogP contribution in [0.15, 0.2) is 61.1 Å². The van der Waals surface area contributed by atoms with E-state index in [0.29, 0.717) is 35.4 Å². The Bertz CT molecular complexity index is 1370. The Balaban J connectivity index is 1.06. The molecule has 4 bridgehead atoms. The van der Waals surface area contributed by atoms with Crippen molar-refractivity contribution in [2.45, 2.75) is 56.2 Å². The minimum atomic E-state index is -0.383. The van der Waals surface area contributed by atoms with Crippen molar-refractivity contribution in [3.8, 4) is 17.3 Å². The molecule has 0 spiro atoms. The number of fused-ring (bicyclic) bond motifs is 3. The highest BCUT2D eigenvalue weighted by Crippen LogP contribution is 2.60. The predicted octanol–water partition coefficient (Wildman–Crippen LogP) is 5.09. The second kappa shape index (κ2) is 8.46. The van der Waals surface area contributed by atoms with Gasteiger partial charge < -0.3 is 20.3 Å². The lowest BCUT2D eigenvalue weighted by molar-refractivity contribution is -0.108. The van der Waals surface area contributed by atoms with Gasteiger partial charge >= 0.3 is 6.03 Å². The number of amides is 2. The number of aliphatic hydroxyl groups excluding tert-OH is 1. The standard InChI is InChI=1S/C30H31N5O2/c31-15-18-5-7-22(8-6-18)33-29(37)34-30-12-19-9-20(13-30)28(21(10-19)14-30)27(36)11-25-23-3-1-2-4-24(23)26-16-32-17-35(25)26/h1-8,16-17,19-21,25,27-28,36H,9-14H2,(H2,33,34,37). The molecule has 2 amide bonds. The maximum atomic E-state index is 13.0. The molecule has 7 nitrogen and oxygen atoms in total. The number of aromatic nitrogens is 2. The first-order chi connectivity index (χ1) is 18.0. The highest BCUT2D eigenvalue weighted by atomic mass is 16.3. The van der Waals surface area contributed by atoms with Gasteiger partial charge in [-0.2, -0.15) is 5.26 Å². The molecule has 3 N–H and O–H groups in total. The average molecular weight is 494 g/mol. The molecule has 4 unspecified atom stereocenters. The number of imidazole rings is 1. The van der Waals surface area contributed by atoms with Crippen LogP contribution in [-0.2, 0) is 0 Å². The molecule has 1 aromatic heterocycles. The SMILES string of the molecule is N#Cc1ccc(NC(=O)NC23CC4CC(C2)C(C(O)CC2c5ccccc5-c5cncn52)C(C4)C3)cc1. The van der Waals surface area contributed by atoms with Crippen molar-refractivity contribution >= 4 is 11.7 Å². The summed E-state index contributed by atoms with van der Waals surface area (Å²) in [5, 5.41) is 27.0. The molecule has 8 rings (SSSR count). The third-order valence-electron chi connectivity index (χ3n) is 9.50. The summed E-state index contributed by atoms with van der Waals surface area (Å²) >= 11 is 0. The first-order valence-electron chi connectivity index (χ1n) is 13.4. The highest BCUT2D eigenvalue weighted by Gasteiger charge is 2.57. The van der Waals surface area contributed by atoms with Crippen LogP contribution in [0.2, 0.25) is 0 Å². The molecule has 4 aliphatic carbocycles. The molecule has 1 aliphatic heterocycles. The van der Waals surface area contributed by atoms with Gasteiger partial charge in [-0.25, -0.2) is 9.78 Å². The third kappa shape index (κ3) is 3.74. The summed E-state index contributed by atoms with van der Waals surface area (Å²) in [5.74, 6) is 1.74. The fourth-order valence-electron chi connectivity index (χ4n) is 8.43. The van der Waals surface area contributed by atoms with Crippen LogP contribution >= 0.6 is 0 Å². The molecule has 5 aliphatic rings. The number of nitriles is 1. The van der Waals surface area contributed by atoms with E-state index in [0.717, 1.165) is 37.8 Å². The van der Waals surface area contributed by atoms with E-state index < -0.39 is 0 Å². The fraction of sp³-hybridized carbons (Fsp3) is 0.433. The maximum absolute atomic E-state index is 13.0. The third-order valence-corrected chi connectivity index (χ3v) is 9.50. The molecule has 7 heteroatoms. The normalized spacial score (nSPS) is 31.3. The molecule has 4 saturated carbocycles. The molecule has 2 heterocycles. The first-order valence-corrected chi connectivity index (χ1v) is 13.4. The molecule has 0 radical (unpaired) electrons. The van der Waals surface area contributed by atoms with Gasteiger partial charge in [-0.15, -0.1) is 0 Å². The fourth-order valence-corrected chi connectivity index (χ4v) is 8.43. The van der Waals surface area contributed by atoms with Gasteiger partial charge in [0, 0.05) is 16.8 Å². The molecule has 2 aromatic carbocycles. The van der Waals surface area contributed by atoms with Crippen LogP contribution < -0.4 is 10.6 Å². The summed E-state index contributed by atoms with van der Waals surface area (Å²) in [6, 6.07) is 17.5. The smallest absolute Gasteiger partial charge is 0.319 e. The molecule has 188 valence electrons. The molecule has 0 saturated heterocycles. The van der Waals surface area contributed by atoms with E-state index in [1.54, 1.807) is 24.3 Å². The van der Waals surface area contributed by atoms with Crippen LogP contribution in [0.3, 0.4) is 0 Å². The van der Waals surface area contributed by atoms with Crippen LogP contribution in [-0.4, -0.2) is 32.3 Å². The summed E-state index contributed by atoms with van der Waals surface area (Å²) in [6.45, 7) is 0. The monoisotopic (exact) mass is 493 g/mol. The quantitative estimate of drug-likeness (QED) is 0.460.